The predicted molar refractivity (Wildman–Crippen MR) is 54.1 cm³/mol. The van der Waals surface area contributed by atoms with Crippen LogP contribution in [0.3, 0.4) is 0 Å². The minimum absolute atomic E-state index is 0.0767. The first kappa shape index (κ1) is 11.8. The van der Waals surface area contributed by atoms with Crippen molar-refractivity contribution in [2.24, 2.45) is 0 Å². The Balaban J connectivity index is 2.30. The van der Waals surface area contributed by atoms with Crippen LogP contribution in [0.4, 0.5) is 0 Å². The molecule has 1 aliphatic rings. The number of cyclic esters (lactones) is 1. The van der Waals surface area contributed by atoms with E-state index in [1.165, 1.54) is 0 Å². The number of hydrogen-bond donors (Lipinski definition) is 0. The van der Waals surface area contributed by atoms with Crippen LogP contribution in [-0.2, 0) is 14.3 Å². The van der Waals surface area contributed by atoms with E-state index in [0.717, 1.165) is 19.3 Å². The molecule has 3 nitrogen and oxygen atoms in total. The molecule has 14 heavy (non-hydrogen) atoms. The average Bonchev–Trinajstić information content (AvgIpc) is 2.41. The Hall–Kier alpha value is -0.250. The molecule has 80 valence electrons. The molecule has 0 N–H and O–H groups in total. The Morgan fingerprint density at radius 3 is 2.64 bits per heavy atom. The van der Waals surface area contributed by atoms with Crippen molar-refractivity contribution in [2.45, 2.75) is 32.5 Å². The molecule has 0 spiro atoms. The second-order valence-corrected chi connectivity index (χ2v) is 3.76. The highest BCUT2D eigenvalue weighted by Crippen LogP contribution is 2.29. The van der Waals surface area contributed by atoms with E-state index < -0.39 is 12.3 Å². The Morgan fingerprint density at radius 2 is 2.14 bits per heavy atom. The van der Waals surface area contributed by atoms with Gasteiger partial charge in [-0.2, -0.15) is 0 Å². The van der Waals surface area contributed by atoms with E-state index in [0.29, 0.717) is 6.61 Å². The van der Waals surface area contributed by atoms with Crippen molar-refractivity contribution < 1.29 is 14.3 Å². The van der Waals surface area contributed by atoms with Crippen molar-refractivity contribution in [3.63, 3.8) is 0 Å². The molecular weight excluding hydrogens is 227 g/mol. The van der Waals surface area contributed by atoms with Gasteiger partial charge >= 0.3 is 5.97 Å². The van der Waals surface area contributed by atoms with E-state index in [-0.39, 0.29) is 10.1 Å². The number of unbranched alkanes of at least 4 members (excludes halogenated alkanes) is 2. The van der Waals surface area contributed by atoms with Gasteiger partial charge in [0.2, 0.25) is 6.29 Å². The highest BCUT2D eigenvalue weighted by atomic mass is 35.5. The summed E-state index contributed by atoms with van der Waals surface area (Å²) in [4.78, 5) is 10.9. The number of carbonyl (C=O) groups excluding carboxylic acids is 1. The lowest BCUT2D eigenvalue weighted by molar-refractivity contribution is -0.158. The minimum atomic E-state index is -0.798. The Morgan fingerprint density at radius 1 is 1.43 bits per heavy atom. The average molecular weight is 239 g/mol. The van der Waals surface area contributed by atoms with Gasteiger partial charge in [-0.1, -0.05) is 43.0 Å². The maximum absolute atomic E-state index is 10.9. The van der Waals surface area contributed by atoms with Gasteiger partial charge in [0.15, 0.2) is 0 Å². The molecule has 0 bridgehead atoms. The monoisotopic (exact) mass is 238 g/mol. The number of esters is 1. The lowest BCUT2D eigenvalue weighted by Crippen LogP contribution is -2.15. The zero-order chi connectivity index (χ0) is 10.6. The van der Waals surface area contributed by atoms with Crippen LogP contribution in [-0.4, -0.2) is 18.9 Å². The van der Waals surface area contributed by atoms with Crippen LogP contribution >= 0.6 is 23.2 Å². The largest absolute Gasteiger partial charge is 0.426 e. The van der Waals surface area contributed by atoms with E-state index in [2.05, 4.69) is 6.92 Å². The first-order valence-electron chi connectivity index (χ1n) is 4.54. The van der Waals surface area contributed by atoms with Gasteiger partial charge in [-0.15, -0.1) is 0 Å². The maximum Gasteiger partial charge on any atom is 0.353 e. The minimum Gasteiger partial charge on any atom is -0.426 e. The third-order valence-electron chi connectivity index (χ3n) is 1.83. The summed E-state index contributed by atoms with van der Waals surface area (Å²) in [6, 6.07) is 0. The summed E-state index contributed by atoms with van der Waals surface area (Å²) in [6.45, 7) is 2.62. The molecule has 0 aromatic carbocycles. The molecule has 0 radical (unpaired) electrons. The molecule has 0 aliphatic carbocycles. The Labute approximate surface area is 93.0 Å². The van der Waals surface area contributed by atoms with Crippen LogP contribution in [0, 0.1) is 0 Å². The highest BCUT2D eigenvalue weighted by molar-refractivity contribution is 6.48. The number of ether oxygens (including phenoxy) is 2. The van der Waals surface area contributed by atoms with E-state index >= 15 is 0 Å². The summed E-state index contributed by atoms with van der Waals surface area (Å²) in [5, 5.41) is 0.0697. The summed E-state index contributed by atoms with van der Waals surface area (Å²) in [7, 11) is 0. The van der Waals surface area contributed by atoms with E-state index in [1.54, 1.807) is 0 Å². The summed E-state index contributed by atoms with van der Waals surface area (Å²) in [6.07, 6.45) is 2.31. The number of rotatable bonds is 5. The Kier molecular flexibility index (Phi) is 4.72. The number of halogens is 2. The SMILES string of the molecule is CCCCCOC1OC(=O)C(Cl)=C1Cl. The van der Waals surface area contributed by atoms with Crippen LogP contribution in [0.5, 0.6) is 0 Å². The van der Waals surface area contributed by atoms with Gasteiger partial charge in [0.25, 0.3) is 0 Å². The van der Waals surface area contributed by atoms with Crippen molar-refractivity contribution in [2.75, 3.05) is 6.61 Å². The van der Waals surface area contributed by atoms with Gasteiger partial charge in [0.1, 0.15) is 10.1 Å². The fraction of sp³-hybridized carbons (Fsp3) is 0.667. The predicted octanol–water partition coefficient (Wildman–Crippen LogP) is 2.77. The van der Waals surface area contributed by atoms with Crippen LogP contribution in [0.1, 0.15) is 26.2 Å². The molecule has 1 aliphatic heterocycles. The molecular formula is C9H12Cl2O3. The quantitative estimate of drug-likeness (QED) is 0.546. The van der Waals surface area contributed by atoms with E-state index in [4.69, 9.17) is 32.7 Å². The molecule has 0 aromatic rings. The molecule has 0 amide bonds. The van der Waals surface area contributed by atoms with Gasteiger partial charge in [0.05, 0.1) is 6.61 Å². The summed E-state index contributed by atoms with van der Waals surface area (Å²) >= 11 is 11.3. The first-order valence-corrected chi connectivity index (χ1v) is 5.30. The lowest BCUT2D eigenvalue weighted by Gasteiger charge is -2.10. The third kappa shape index (κ3) is 2.87. The molecule has 5 heteroatoms. The van der Waals surface area contributed by atoms with Gasteiger partial charge in [0, 0.05) is 0 Å². The zero-order valence-corrected chi connectivity index (χ0v) is 9.40. The van der Waals surface area contributed by atoms with Crippen LogP contribution in [0.15, 0.2) is 10.1 Å². The van der Waals surface area contributed by atoms with Gasteiger partial charge < -0.3 is 9.47 Å². The summed E-state index contributed by atoms with van der Waals surface area (Å²) in [5.74, 6) is -0.614. The molecule has 1 atom stereocenters. The zero-order valence-electron chi connectivity index (χ0n) is 7.89. The number of carbonyl (C=O) groups is 1. The molecule has 0 fully saturated rings. The topological polar surface area (TPSA) is 35.5 Å². The van der Waals surface area contributed by atoms with Crippen molar-refractivity contribution in [1.29, 1.82) is 0 Å². The molecule has 0 saturated carbocycles. The fourth-order valence-corrected chi connectivity index (χ4v) is 1.37. The smallest absolute Gasteiger partial charge is 0.353 e. The van der Waals surface area contributed by atoms with Gasteiger partial charge in [-0.3, -0.25) is 0 Å². The molecule has 1 heterocycles. The van der Waals surface area contributed by atoms with Crippen molar-refractivity contribution in [3.8, 4) is 0 Å². The lowest BCUT2D eigenvalue weighted by atomic mass is 10.3. The molecule has 1 unspecified atom stereocenters. The fourth-order valence-electron chi connectivity index (χ4n) is 1.05. The van der Waals surface area contributed by atoms with Gasteiger partial charge in [-0.25, -0.2) is 4.79 Å². The summed E-state index contributed by atoms with van der Waals surface area (Å²) < 4.78 is 10.0. The normalized spacial score (nSPS) is 21.6. The third-order valence-corrected chi connectivity index (χ3v) is 2.65. The van der Waals surface area contributed by atoms with E-state index in [1.807, 2.05) is 0 Å². The van der Waals surface area contributed by atoms with Crippen LogP contribution in [0.2, 0.25) is 0 Å². The molecule has 0 saturated heterocycles. The van der Waals surface area contributed by atoms with Crippen LogP contribution in [0.25, 0.3) is 0 Å². The second-order valence-electron chi connectivity index (χ2n) is 2.98. The Bertz CT molecular complexity index is 250. The first-order chi connectivity index (χ1) is 6.66. The summed E-state index contributed by atoms with van der Waals surface area (Å²) in [5.41, 5.74) is 0. The highest BCUT2D eigenvalue weighted by Gasteiger charge is 2.32. The number of hydrogen-bond acceptors (Lipinski definition) is 3. The van der Waals surface area contributed by atoms with E-state index in [9.17, 15) is 4.79 Å². The second kappa shape index (κ2) is 5.59. The van der Waals surface area contributed by atoms with Crippen LogP contribution < -0.4 is 0 Å². The van der Waals surface area contributed by atoms with Crippen molar-refractivity contribution in [1.82, 2.24) is 0 Å². The molecule has 1 rings (SSSR count). The standard InChI is InChI=1S/C9H12Cl2O3/c1-2-3-4-5-13-9-7(11)6(10)8(12)14-9/h9H,2-5H2,1H3. The maximum atomic E-state index is 10.9. The van der Waals surface area contributed by atoms with Crippen molar-refractivity contribution in [3.05, 3.63) is 10.1 Å². The van der Waals surface area contributed by atoms with Crippen molar-refractivity contribution >= 4 is 29.2 Å². The molecule has 0 aromatic heterocycles. The van der Waals surface area contributed by atoms with Gasteiger partial charge in [-0.05, 0) is 6.42 Å².